The molecule has 0 unspecified atom stereocenters. The lowest BCUT2D eigenvalue weighted by molar-refractivity contribution is 0.331. The van der Waals surface area contributed by atoms with Crippen molar-refractivity contribution in [1.82, 2.24) is 20.5 Å². The number of rotatable bonds is 7. The number of nitrogens with zero attached hydrogens (tertiary/aromatic N) is 3. The second-order valence-electron chi connectivity index (χ2n) is 7.57. The molecule has 2 heterocycles. The van der Waals surface area contributed by atoms with E-state index >= 15 is 0 Å². The Morgan fingerprint density at radius 1 is 0.967 bits per heavy atom. The standard InChI is InChI=1S/C24H29N5S/c1-25-24(27-16-23-28-22(18-30-23)21-7-3-2-4-8-21)26-15-19-9-11-20(12-10-19)17-29-13-5-6-14-29/h2-4,7-12,18H,5-6,13-17H2,1H3,(H2,25,26,27). The number of aliphatic imine (C=N–C) groups is 1. The number of thiazole rings is 1. The molecule has 2 aromatic carbocycles. The summed E-state index contributed by atoms with van der Waals surface area (Å²) in [7, 11) is 1.80. The molecule has 30 heavy (non-hydrogen) atoms. The molecule has 1 aliphatic heterocycles. The Hall–Kier alpha value is -2.70. The van der Waals surface area contributed by atoms with Crippen molar-refractivity contribution in [2.24, 2.45) is 4.99 Å². The summed E-state index contributed by atoms with van der Waals surface area (Å²) in [4.78, 5) is 11.6. The highest BCUT2D eigenvalue weighted by molar-refractivity contribution is 7.09. The van der Waals surface area contributed by atoms with Crippen molar-refractivity contribution in [3.8, 4) is 11.3 Å². The van der Waals surface area contributed by atoms with Crippen molar-refractivity contribution in [2.75, 3.05) is 20.1 Å². The second-order valence-corrected chi connectivity index (χ2v) is 8.51. The SMILES string of the molecule is CN=C(NCc1ccc(CN2CCCC2)cc1)NCc1nc(-c2ccccc2)cs1. The zero-order valence-electron chi connectivity index (χ0n) is 17.5. The monoisotopic (exact) mass is 419 g/mol. The van der Waals surface area contributed by atoms with Crippen LogP contribution in [0.3, 0.4) is 0 Å². The highest BCUT2D eigenvalue weighted by Gasteiger charge is 2.11. The fourth-order valence-electron chi connectivity index (χ4n) is 3.66. The van der Waals surface area contributed by atoms with Crippen LogP contribution in [0.25, 0.3) is 11.3 Å². The first-order valence-electron chi connectivity index (χ1n) is 10.5. The van der Waals surface area contributed by atoms with E-state index in [1.165, 1.54) is 37.1 Å². The van der Waals surface area contributed by atoms with Crippen LogP contribution in [0.15, 0.2) is 65.0 Å². The van der Waals surface area contributed by atoms with Crippen LogP contribution in [0.5, 0.6) is 0 Å². The van der Waals surface area contributed by atoms with Gasteiger partial charge in [0.05, 0.1) is 12.2 Å². The number of hydrogen-bond donors (Lipinski definition) is 2. The van der Waals surface area contributed by atoms with E-state index in [0.717, 1.165) is 35.3 Å². The maximum atomic E-state index is 4.73. The number of guanidine groups is 1. The third-order valence-corrected chi connectivity index (χ3v) is 6.19. The topological polar surface area (TPSA) is 52.6 Å². The molecule has 0 amide bonds. The van der Waals surface area contributed by atoms with E-state index < -0.39 is 0 Å². The molecule has 0 spiro atoms. The number of aromatic nitrogens is 1. The Bertz CT molecular complexity index is 943. The Morgan fingerprint density at radius 2 is 1.67 bits per heavy atom. The van der Waals surface area contributed by atoms with Crippen molar-refractivity contribution in [3.63, 3.8) is 0 Å². The van der Waals surface area contributed by atoms with Gasteiger partial charge in [-0.05, 0) is 37.1 Å². The van der Waals surface area contributed by atoms with Crippen molar-refractivity contribution < 1.29 is 0 Å². The van der Waals surface area contributed by atoms with Gasteiger partial charge in [-0.25, -0.2) is 4.98 Å². The quantitative estimate of drug-likeness (QED) is 0.444. The lowest BCUT2D eigenvalue weighted by atomic mass is 10.1. The molecule has 0 atom stereocenters. The summed E-state index contributed by atoms with van der Waals surface area (Å²) in [6.45, 7) is 4.94. The average molecular weight is 420 g/mol. The van der Waals surface area contributed by atoms with E-state index in [9.17, 15) is 0 Å². The molecule has 3 aromatic rings. The minimum Gasteiger partial charge on any atom is -0.352 e. The summed E-state index contributed by atoms with van der Waals surface area (Å²) < 4.78 is 0. The molecule has 2 N–H and O–H groups in total. The summed E-state index contributed by atoms with van der Waals surface area (Å²) in [5, 5.41) is 9.90. The number of likely N-dealkylation sites (tertiary alicyclic amines) is 1. The van der Waals surface area contributed by atoms with Gasteiger partial charge in [0.25, 0.3) is 0 Å². The van der Waals surface area contributed by atoms with Crippen LogP contribution in [-0.2, 0) is 19.6 Å². The summed E-state index contributed by atoms with van der Waals surface area (Å²) in [5.41, 5.74) is 4.81. The molecule has 1 fully saturated rings. The van der Waals surface area contributed by atoms with Crippen LogP contribution in [0.4, 0.5) is 0 Å². The third kappa shape index (κ3) is 5.68. The lowest BCUT2D eigenvalue weighted by Crippen LogP contribution is -2.36. The van der Waals surface area contributed by atoms with Crippen LogP contribution in [0.1, 0.15) is 29.0 Å². The van der Waals surface area contributed by atoms with Crippen LogP contribution >= 0.6 is 11.3 Å². The maximum Gasteiger partial charge on any atom is 0.191 e. The zero-order valence-corrected chi connectivity index (χ0v) is 18.3. The van der Waals surface area contributed by atoms with Gasteiger partial charge < -0.3 is 10.6 Å². The third-order valence-electron chi connectivity index (χ3n) is 5.34. The van der Waals surface area contributed by atoms with E-state index in [-0.39, 0.29) is 0 Å². The first kappa shape index (κ1) is 20.6. The van der Waals surface area contributed by atoms with Gasteiger partial charge in [-0.2, -0.15) is 0 Å². The maximum absolute atomic E-state index is 4.73. The molecule has 6 heteroatoms. The van der Waals surface area contributed by atoms with E-state index in [0.29, 0.717) is 6.54 Å². The minimum atomic E-state index is 0.659. The largest absolute Gasteiger partial charge is 0.352 e. The predicted octanol–water partition coefficient (Wildman–Crippen LogP) is 4.27. The van der Waals surface area contributed by atoms with Crippen molar-refractivity contribution in [3.05, 3.63) is 76.1 Å². The van der Waals surface area contributed by atoms with Gasteiger partial charge in [-0.15, -0.1) is 11.3 Å². The number of nitrogens with one attached hydrogen (secondary N) is 2. The Kier molecular flexibility index (Phi) is 7.11. The smallest absolute Gasteiger partial charge is 0.191 e. The summed E-state index contributed by atoms with van der Waals surface area (Å²) in [6, 6.07) is 19.2. The van der Waals surface area contributed by atoms with Crippen LogP contribution in [0.2, 0.25) is 0 Å². The van der Waals surface area contributed by atoms with Crippen LogP contribution in [0, 0.1) is 0 Å². The second kappa shape index (κ2) is 10.4. The fourth-order valence-corrected chi connectivity index (χ4v) is 4.40. The molecule has 156 valence electrons. The van der Waals surface area contributed by atoms with Gasteiger partial charge in [0.1, 0.15) is 5.01 Å². The molecular weight excluding hydrogens is 390 g/mol. The minimum absolute atomic E-state index is 0.659. The first-order chi connectivity index (χ1) is 14.8. The molecule has 1 aromatic heterocycles. The predicted molar refractivity (Wildman–Crippen MR) is 126 cm³/mol. The molecule has 1 saturated heterocycles. The van der Waals surface area contributed by atoms with Gasteiger partial charge >= 0.3 is 0 Å². The first-order valence-corrected chi connectivity index (χ1v) is 11.4. The van der Waals surface area contributed by atoms with Crippen molar-refractivity contribution >= 4 is 17.3 Å². The molecule has 4 rings (SSSR count). The lowest BCUT2D eigenvalue weighted by Gasteiger charge is -2.15. The highest BCUT2D eigenvalue weighted by Crippen LogP contribution is 2.21. The molecule has 0 aliphatic carbocycles. The Labute approximate surface area is 182 Å². The molecule has 5 nitrogen and oxygen atoms in total. The Balaban J connectivity index is 1.24. The molecule has 0 saturated carbocycles. The fraction of sp³-hybridized carbons (Fsp3) is 0.333. The van der Waals surface area contributed by atoms with E-state index in [1.807, 2.05) is 18.2 Å². The van der Waals surface area contributed by atoms with Gasteiger partial charge in [0.15, 0.2) is 5.96 Å². The van der Waals surface area contributed by atoms with Crippen molar-refractivity contribution in [1.29, 1.82) is 0 Å². The average Bonchev–Trinajstić information content (AvgIpc) is 3.48. The normalized spacial score (nSPS) is 14.8. The van der Waals surface area contributed by atoms with Gasteiger partial charge in [0, 0.05) is 31.1 Å². The van der Waals surface area contributed by atoms with E-state index in [2.05, 4.69) is 62.3 Å². The highest BCUT2D eigenvalue weighted by atomic mass is 32.1. The van der Waals surface area contributed by atoms with E-state index in [4.69, 9.17) is 4.98 Å². The van der Waals surface area contributed by atoms with Crippen LogP contribution in [-0.4, -0.2) is 36.0 Å². The van der Waals surface area contributed by atoms with Gasteiger partial charge in [0.2, 0.25) is 0 Å². The van der Waals surface area contributed by atoms with Gasteiger partial charge in [-0.1, -0.05) is 54.6 Å². The molecule has 0 radical (unpaired) electrons. The summed E-state index contributed by atoms with van der Waals surface area (Å²) in [6.07, 6.45) is 2.67. The van der Waals surface area contributed by atoms with Crippen LogP contribution < -0.4 is 10.6 Å². The summed E-state index contributed by atoms with van der Waals surface area (Å²) in [5.74, 6) is 0.785. The summed E-state index contributed by atoms with van der Waals surface area (Å²) >= 11 is 1.67. The molecule has 0 bridgehead atoms. The molecular formula is C24H29N5S. The number of hydrogen-bond acceptors (Lipinski definition) is 4. The number of benzene rings is 2. The Morgan fingerprint density at radius 3 is 2.40 bits per heavy atom. The van der Waals surface area contributed by atoms with E-state index in [1.54, 1.807) is 18.4 Å². The zero-order chi connectivity index (χ0) is 20.6. The van der Waals surface area contributed by atoms with Gasteiger partial charge in [-0.3, -0.25) is 9.89 Å². The molecule has 1 aliphatic rings. The van der Waals surface area contributed by atoms with Crippen molar-refractivity contribution in [2.45, 2.75) is 32.5 Å².